The summed E-state index contributed by atoms with van der Waals surface area (Å²) in [5, 5.41) is 17.4. The van der Waals surface area contributed by atoms with Crippen LogP contribution in [0.15, 0.2) is 55.0 Å². The number of aromatic nitrogens is 4. The maximum absolute atomic E-state index is 13.0. The molecule has 0 saturated carbocycles. The van der Waals surface area contributed by atoms with Crippen molar-refractivity contribution in [2.45, 2.75) is 26.3 Å². The van der Waals surface area contributed by atoms with E-state index in [2.05, 4.69) is 25.7 Å². The van der Waals surface area contributed by atoms with Crippen LogP contribution in [-0.2, 0) is 10.3 Å². The largest absolute Gasteiger partial charge is 0.497 e. The highest BCUT2D eigenvalue weighted by Gasteiger charge is 2.32. The number of likely N-dealkylation sites (N-methyl/N-ethyl adjacent to an activating group) is 1. The molecule has 0 saturated heterocycles. The van der Waals surface area contributed by atoms with Gasteiger partial charge in [0.2, 0.25) is 5.91 Å². The number of ether oxygens (including phenoxy) is 3. The molecule has 0 fully saturated rings. The molecule has 3 aromatic heterocycles. The fraction of sp³-hybridized carbons (Fsp3) is 0.296. The number of amides is 2. The molecule has 0 aliphatic carbocycles. The molecule has 0 aliphatic rings. The van der Waals surface area contributed by atoms with Crippen molar-refractivity contribution in [3.8, 4) is 23.0 Å². The molecule has 0 atom stereocenters. The van der Waals surface area contributed by atoms with E-state index < -0.39 is 11.4 Å². The number of nitrogens with one attached hydrogen (secondary N) is 2. The third-order valence-electron chi connectivity index (χ3n) is 5.67. The van der Waals surface area contributed by atoms with E-state index in [1.807, 2.05) is 18.2 Å². The highest BCUT2D eigenvalue weighted by molar-refractivity contribution is 6.04. The molecular weight excluding hydrogens is 504 g/mol. The second-order valence-corrected chi connectivity index (χ2v) is 8.49. The van der Waals surface area contributed by atoms with Crippen molar-refractivity contribution in [3.63, 3.8) is 0 Å². The molecule has 0 spiro atoms. The summed E-state index contributed by atoms with van der Waals surface area (Å²) in [6, 6.07) is 10.6. The van der Waals surface area contributed by atoms with E-state index >= 15 is 0 Å². The van der Waals surface area contributed by atoms with E-state index in [-0.39, 0.29) is 17.4 Å². The number of anilines is 1. The third-order valence-corrected chi connectivity index (χ3v) is 5.67. The van der Waals surface area contributed by atoms with Crippen LogP contribution in [0.25, 0.3) is 10.9 Å². The lowest BCUT2D eigenvalue weighted by Gasteiger charge is -2.22. The Hall–Kier alpha value is -4.71. The molecule has 2 amide bonds. The number of nitrogens with zero attached hydrogens (tertiary/aromatic N) is 4. The van der Waals surface area contributed by atoms with Gasteiger partial charge in [0.05, 0.1) is 31.6 Å². The zero-order chi connectivity index (χ0) is 28.6. The van der Waals surface area contributed by atoms with Gasteiger partial charge in [-0.05, 0) is 57.2 Å². The van der Waals surface area contributed by atoms with Gasteiger partial charge in [0.25, 0.3) is 5.91 Å². The molecule has 4 aromatic rings. The summed E-state index contributed by atoms with van der Waals surface area (Å²) >= 11 is 0. The average molecular weight is 537 g/mol. The van der Waals surface area contributed by atoms with Crippen LogP contribution in [0.1, 0.15) is 31.3 Å². The van der Waals surface area contributed by atoms with Crippen LogP contribution in [0.5, 0.6) is 23.0 Å². The number of fused-ring (bicyclic) bond motifs is 1. The summed E-state index contributed by atoms with van der Waals surface area (Å²) in [4.78, 5) is 33.9. The molecule has 1 aromatic carbocycles. The summed E-state index contributed by atoms with van der Waals surface area (Å²) in [6.07, 6.45) is 4.69. The lowest BCUT2D eigenvalue weighted by Crippen LogP contribution is -2.43. The number of carbonyl (C=O) groups excluding carboxylic acids is 2. The number of benzene rings is 1. The van der Waals surface area contributed by atoms with E-state index in [1.54, 1.807) is 52.3 Å². The van der Waals surface area contributed by atoms with Gasteiger partial charge in [0.1, 0.15) is 28.6 Å². The van der Waals surface area contributed by atoms with Crippen LogP contribution < -0.4 is 24.8 Å². The molecule has 206 valence electrons. The predicted molar refractivity (Wildman–Crippen MR) is 145 cm³/mol. The van der Waals surface area contributed by atoms with E-state index in [0.29, 0.717) is 29.7 Å². The summed E-state index contributed by atoms with van der Waals surface area (Å²) < 4.78 is 18.3. The number of methoxy groups -OCH3 is 1. The minimum Gasteiger partial charge on any atom is -0.497 e. The summed E-state index contributed by atoms with van der Waals surface area (Å²) in [7, 11) is 4.14. The van der Waals surface area contributed by atoms with Crippen LogP contribution >= 0.6 is 0 Å². The zero-order valence-electron chi connectivity index (χ0n) is 22.7. The van der Waals surface area contributed by atoms with Gasteiger partial charge in [0.15, 0.2) is 11.4 Å². The number of aliphatic hydroxyl groups excluding tert-OH is 1. The van der Waals surface area contributed by atoms with Crippen molar-refractivity contribution in [2.24, 2.45) is 0 Å². The topological polar surface area (TPSA) is 150 Å². The van der Waals surface area contributed by atoms with Gasteiger partial charge in [-0.2, -0.15) is 5.10 Å². The molecule has 0 bridgehead atoms. The Balaban J connectivity index is 0.00000205. The molecule has 4 rings (SSSR count). The molecular formula is C27H32N6O6. The van der Waals surface area contributed by atoms with Crippen molar-refractivity contribution < 1.29 is 28.9 Å². The van der Waals surface area contributed by atoms with Crippen LogP contribution in [-0.4, -0.2) is 64.5 Å². The minimum absolute atomic E-state index is 0.0400. The van der Waals surface area contributed by atoms with Gasteiger partial charge in [-0.15, -0.1) is 0 Å². The Morgan fingerprint density at radius 1 is 1.05 bits per heavy atom. The first kappa shape index (κ1) is 28.9. The number of rotatable bonds is 9. The smallest absolute Gasteiger partial charge is 0.281 e. The molecule has 12 nitrogen and oxygen atoms in total. The molecule has 12 heteroatoms. The van der Waals surface area contributed by atoms with Gasteiger partial charge in [-0.3, -0.25) is 19.3 Å². The Morgan fingerprint density at radius 3 is 2.44 bits per heavy atom. The van der Waals surface area contributed by atoms with Crippen molar-refractivity contribution in [2.75, 3.05) is 33.2 Å². The Labute approximate surface area is 225 Å². The zero-order valence-corrected chi connectivity index (χ0v) is 22.7. The number of carbonyl (C=O) groups is 2. The van der Waals surface area contributed by atoms with Gasteiger partial charge in [-0.25, -0.2) is 4.98 Å². The summed E-state index contributed by atoms with van der Waals surface area (Å²) in [5.74, 6) is 1.52. The standard InChI is InChI=1S/C26H28N6O5.CH4O/c1-6-36-21-15-32(26(2,3)25(34)27-4)31-23(21)24(33)30-22-10-8-17(14-29-22)37-20-11-12-28-19-9-7-16(35-5)13-18(19)20;1-2/h7-15H,6H2,1-5H3,(H,27,34)(H,29,30,33);2H,1H3. The van der Waals surface area contributed by atoms with Crippen LogP contribution in [0.2, 0.25) is 0 Å². The third kappa shape index (κ3) is 6.41. The van der Waals surface area contributed by atoms with E-state index in [0.717, 1.165) is 18.0 Å². The van der Waals surface area contributed by atoms with Gasteiger partial charge >= 0.3 is 0 Å². The van der Waals surface area contributed by atoms with Gasteiger partial charge < -0.3 is 30.0 Å². The first-order valence-corrected chi connectivity index (χ1v) is 12.0. The quantitative estimate of drug-likeness (QED) is 0.293. The highest BCUT2D eigenvalue weighted by Crippen LogP contribution is 2.31. The number of aliphatic hydroxyl groups is 1. The summed E-state index contributed by atoms with van der Waals surface area (Å²) in [5.41, 5.74) is -0.227. The summed E-state index contributed by atoms with van der Waals surface area (Å²) in [6.45, 7) is 5.51. The Morgan fingerprint density at radius 2 is 1.79 bits per heavy atom. The molecule has 3 heterocycles. The highest BCUT2D eigenvalue weighted by atomic mass is 16.5. The SMILES string of the molecule is CCOc1cn(C(C)(C)C(=O)NC)nc1C(=O)Nc1ccc(Oc2ccnc3ccc(OC)cc23)cn1.CO. The maximum atomic E-state index is 13.0. The van der Waals surface area contributed by atoms with E-state index in [1.165, 1.54) is 24.1 Å². The number of pyridine rings is 2. The second kappa shape index (κ2) is 12.7. The van der Waals surface area contributed by atoms with Crippen LogP contribution in [0, 0.1) is 0 Å². The molecule has 3 N–H and O–H groups in total. The minimum atomic E-state index is -1.03. The molecule has 0 unspecified atom stereocenters. The lowest BCUT2D eigenvalue weighted by molar-refractivity contribution is -0.128. The van der Waals surface area contributed by atoms with Crippen LogP contribution in [0.4, 0.5) is 5.82 Å². The first-order valence-electron chi connectivity index (χ1n) is 12.0. The number of hydrogen-bond acceptors (Lipinski definition) is 9. The fourth-order valence-electron chi connectivity index (χ4n) is 3.61. The van der Waals surface area contributed by atoms with Crippen molar-refractivity contribution in [1.29, 1.82) is 0 Å². The number of hydrogen-bond donors (Lipinski definition) is 3. The molecule has 0 aliphatic heterocycles. The Kier molecular flexibility index (Phi) is 9.39. The normalized spacial score (nSPS) is 10.7. The second-order valence-electron chi connectivity index (χ2n) is 8.49. The molecule has 0 radical (unpaired) electrons. The van der Waals surface area contributed by atoms with Crippen molar-refractivity contribution in [3.05, 3.63) is 60.7 Å². The average Bonchev–Trinajstić information content (AvgIpc) is 3.40. The van der Waals surface area contributed by atoms with Gasteiger partial charge in [-0.1, -0.05) is 0 Å². The van der Waals surface area contributed by atoms with Crippen molar-refractivity contribution >= 4 is 28.5 Å². The Bertz CT molecular complexity index is 1430. The first-order chi connectivity index (χ1) is 18.8. The predicted octanol–water partition coefficient (Wildman–Crippen LogP) is 3.37. The van der Waals surface area contributed by atoms with Gasteiger partial charge in [0, 0.05) is 25.7 Å². The van der Waals surface area contributed by atoms with E-state index in [9.17, 15) is 9.59 Å². The van der Waals surface area contributed by atoms with E-state index in [4.69, 9.17) is 19.3 Å². The fourth-order valence-corrected chi connectivity index (χ4v) is 3.61. The molecule has 39 heavy (non-hydrogen) atoms. The monoisotopic (exact) mass is 536 g/mol. The van der Waals surface area contributed by atoms with Crippen molar-refractivity contribution in [1.82, 2.24) is 25.1 Å². The van der Waals surface area contributed by atoms with Crippen LogP contribution in [0.3, 0.4) is 0 Å². The maximum Gasteiger partial charge on any atom is 0.281 e. The lowest BCUT2D eigenvalue weighted by atomic mass is 10.1.